The Bertz CT molecular complexity index is 1220. The van der Waals surface area contributed by atoms with Crippen LogP contribution in [-0.4, -0.2) is 41.3 Å². The van der Waals surface area contributed by atoms with E-state index >= 15 is 0 Å². The Morgan fingerprint density at radius 1 is 1.03 bits per heavy atom. The standard InChI is InChI=1S/C26H31N5O3/c1-16-12-17(2)14-21(13-16)24(32)29-26(27-11-10-23-18(3)30-31(5)19(23)4)28-22-9-7-8-20(15-22)25(33)34-6/h7-9,12-15H,10-11H2,1-6H3,(H2,27,28,29,32). The predicted octanol–water partition coefficient (Wildman–Crippen LogP) is 3.88. The molecule has 0 saturated heterocycles. The Balaban J connectivity index is 1.85. The van der Waals surface area contributed by atoms with Crippen molar-refractivity contribution >= 4 is 23.5 Å². The molecule has 0 radical (unpaired) electrons. The lowest BCUT2D eigenvalue weighted by Gasteiger charge is -2.13. The quantitative estimate of drug-likeness (QED) is 0.330. The van der Waals surface area contributed by atoms with E-state index in [-0.39, 0.29) is 5.91 Å². The van der Waals surface area contributed by atoms with Gasteiger partial charge in [0.25, 0.3) is 5.91 Å². The SMILES string of the molecule is COC(=O)c1cccc(NC(=NCCc2c(C)nn(C)c2C)NC(=O)c2cc(C)cc(C)c2)c1. The molecule has 8 nitrogen and oxygen atoms in total. The molecule has 178 valence electrons. The Labute approximate surface area is 200 Å². The van der Waals surface area contributed by atoms with Crippen LogP contribution in [0.15, 0.2) is 47.5 Å². The minimum absolute atomic E-state index is 0.268. The van der Waals surface area contributed by atoms with Crippen molar-refractivity contribution in [1.82, 2.24) is 15.1 Å². The van der Waals surface area contributed by atoms with Crippen LogP contribution >= 0.6 is 0 Å². The zero-order valence-corrected chi connectivity index (χ0v) is 20.5. The van der Waals surface area contributed by atoms with Gasteiger partial charge in [0.15, 0.2) is 0 Å². The van der Waals surface area contributed by atoms with Crippen LogP contribution < -0.4 is 10.6 Å². The highest BCUT2D eigenvalue weighted by atomic mass is 16.5. The number of anilines is 1. The molecule has 0 aliphatic rings. The molecule has 2 aromatic carbocycles. The molecule has 1 aromatic heterocycles. The predicted molar refractivity (Wildman–Crippen MR) is 133 cm³/mol. The van der Waals surface area contributed by atoms with Gasteiger partial charge in [0.05, 0.1) is 18.4 Å². The van der Waals surface area contributed by atoms with Crippen molar-refractivity contribution in [3.8, 4) is 0 Å². The van der Waals surface area contributed by atoms with Crippen LogP contribution in [0, 0.1) is 27.7 Å². The Hall–Kier alpha value is -3.94. The third kappa shape index (κ3) is 6.10. The molecule has 0 spiro atoms. The summed E-state index contributed by atoms with van der Waals surface area (Å²) in [5.74, 6) is -0.412. The third-order valence-electron chi connectivity index (χ3n) is 5.55. The van der Waals surface area contributed by atoms with Crippen LogP contribution in [-0.2, 0) is 18.2 Å². The first-order valence-corrected chi connectivity index (χ1v) is 11.1. The van der Waals surface area contributed by atoms with Crippen LogP contribution in [0.25, 0.3) is 0 Å². The number of aliphatic imine (C=N–C) groups is 1. The average Bonchev–Trinajstić information content (AvgIpc) is 3.03. The van der Waals surface area contributed by atoms with Crippen LogP contribution in [0.4, 0.5) is 5.69 Å². The number of nitrogens with one attached hydrogen (secondary N) is 2. The number of carbonyl (C=O) groups is 2. The number of nitrogens with zero attached hydrogens (tertiary/aromatic N) is 3. The van der Waals surface area contributed by atoms with Gasteiger partial charge in [-0.3, -0.25) is 19.8 Å². The molecule has 0 saturated carbocycles. The first kappa shape index (κ1) is 24.7. The lowest BCUT2D eigenvalue weighted by molar-refractivity contribution is 0.0600. The van der Waals surface area contributed by atoms with E-state index in [4.69, 9.17) is 4.74 Å². The van der Waals surface area contributed by atoms with Gasteiger partial charge in [0.2, 0.25) is 5.96 Å². The van der Waals surface area contributed by atoms with Gasteiger partial charge in [-0.25, -0.2) is 4.79 Å². The summed E-state index contributed by atoms with van der Waals surface area (Å²) in [5, 5.41) is 10.5. The molecule has 8 heteroatoms. The van der Waals surface area contributed by atoms with E-state index in [0.717, 1.165) is 28.1 Å². The highest BCUT2D eigenvalue weighted by Crippen LogP contribution is 2.14. The Morgan fingerprint density at radius 3 is 2.35 bits per heavy atom. The number of aromatic nitrogens is 2. The summed E-state index contributed by atoms with van der Waals surface area (Å²) in [5.41, 5.74) is 6.76. The van der Waals surface area contributed by atoms with Crippen molar-refractivity contribution in [2.75, 3.05) is 19.0 Å². The van der Waals surface area contributed by atoms with Gasteiger partial charge in [-0.2, -0.15) is 5.10 Å². The maximum Gasteiger partial charge on any atom is 0.337 e. The van der Waals surface area contributed by atoms with E-state index < -0.39 is 5.97 Å². The minimum atomic E-state index is -0.441. The van der Waals surface area contributed by atoms with Gasteiger partial charge in [-0.1, -0.05) is 23.3 Å². The Kier molecular flexibility index (Phi) is 7.83. The third-order valence-corrected chi connectivity index (χ3v) is 5.55. The van der Waals surface area contributed by atoms with Crippen LogP contribution in [0.3, 0.4) is 0 Å². The summed E-state index contributed by atoms with van der Waals surface area (Å²) in [6.45, 7) is 8.35. The number of hydrogen-bond acceptors (Lipinski definition) is 5. The highest BCUT2D eigenvalue weighted by Gasteiger charge is 2.13. The number of methoxy groups -OCH3 is 1. The number of amides is 1. The van der Waals surface area contributed by atoms with E-state index in [2.05, 4.69) is 20.7 Å². The van der Waals surface area contributed by atoms with Crippen molar-refractivity contribution in [2.24, 2.45) is 12.0 Å². The van der Waals surface area contributed by atoms with Crippen LogP contribution in [0.2, 0.25) is 0 Å². The molecule has 2 N–H and O–H groups in total. The molecule has 0 atom stereocenters. The van der Waals surface area contributed by atoms with Crippen LogP contribution in [0.5, 0.6) is 0 Å². The summed E-state index contributed by atoms with van der Waals surface area (Å²) in [4.78, 5) is 29.5. The molecule has 34 heavy (non-hydrogen) atoms. The fraction of sp³-hybridized carbons (Fsp3) is 0.308. The molecular formula is C26H31N5O3. The molecule has 0 aliphatic heterocycles. The second-order valence-corrected chi connectivity index (χ2v) is 8.28. The van der Waals surface area contributed by atoms with Gasteiger partial charge >= 0.3 is 5.97 Å². The van der Waals surface area contributed by atoms with E-state index in [1.54, 1.807) is 24.3 Å². The Morgan fingerprint density at radius 2 is 1.74 bits per heavy atom. The number of rotatable bonds is 6. The summed E-state index contributed by atoms with van der Waals surface area (Å²) in [7, 11) is 3.25. The fourth-order valence-electron chi connectivity index (χ4n) is 3.83. The maximum atomic E-state index is 13.0. The monoisotopic (exact) mass is 461 g/mol. The van der Waals surface area contributed by atoms with E-state index in [1.165, 1.54) is 7.11 Å². The van der Waals surface area contributed by atoms with Gasteiger partial charge in [-0.05, 0) is 70.0 Å². The van der Waals surface area contributed by atoms with E-state index in [9.17, 15) is 9.59 Å². The fourth-order valence-corrected chi connectivity index (χ4v) is 3.83. The summed E-state index contributed by atoms with van der Waals surface area (Å²) in [6.07, 6.45) is 0.679. The summed E-state index contributed by atoms with van der Waals surface area (Å²) >= 11 is 0. The van der Waals surface area contributed by atoms with E-state index in [1.807, 2.05) is 57.6 Å². The highest BCUT2D eigenvalue weighted by molar-refractivity contribution is 6.10. The molecule has 0 aliphatic carbocycles. The van der Waals surface area contributed by atoms with Crippen molar-refractivity contribution < 1.29 is 14.3 Å². The lowest BCUT2D eigenvalue weighted by atomic mass is 10.1. The molecular weight excluding hydrogens is 430 g/mol. The lowest BCUT2D eigenvalue weighted by Crippen LogP contribution is -2.36. The number of hydrogen-bond donors (Lipinski definition) is 2. The molecule has 3 aromatic rings. The number of aryl methyl sites for hydroxylation is 4. The summed E-state index contributed by atoms with van der Waals surface area (Å²) in [6, 6.07) is 12.5. The van der Waals surface area contributed by atoms with Gasteiger partial charge in [0, 0.05) is 30.5 Å². The normalized spacial score (nSPS) is 11.3. The topological polar surface area (TPSA) is 97.6 Å². The van der Waals surface area contributed by atoms with Crippen LogP contribution in [0.1, 0.15) is 48.8 Å². The van der Waals surface area contributed by atoms with Gasteiger partial charge < -0.3 is 10.1 Å². The number of ether oxygens (including phenoxy) is 1. The average molecular weight is 462 g/mol. The molecule has 0 fully saturated rings. The number of esters is 1. The molecule has 1 amide bonds. The molecule has 0 unspecified atom stereocenters. The zero-order valence-electron chi connectivity index (χ0n) is 20.5. The zero-order chi connectivity index (χ0) is 24.8. The van der Waals surface area contributed by atoms with E-state index in [0.29, 0.717) is 35.7 Å². The smallest absolute Gasteiger partial charge is 0.337 e. The van der Waals surface area contributed by atoms with Gasteiger partial charge in [-0.15, -0.1) is 0 Å². The van der Waals surface area contributed by atoms with Crippen molar-refractivity contribution in [3.63, 3.8) is 0 Å². The largest absolute Gasteiger partial charge is 0.465 e. The number of carbonyl (C=O) groups excluding carboxylic acids is 2. The van der Waals surface area contributed by atoms with Crippen molar-refractivity contribution in [2.45, 2.75) is 34.1 Å². The maximum absolute atomic E-state index is 13.0. The van der Waals surface area contributed by atoms with Gasteiger partial charge in [0.1, 0.15) is 0 Å². The number of benzene rings is 2. The van der Waals surface area contributed by atoms with Crippen molar-refractivity contribution in [1.29, 1.82) is 0 Å². The first-order chi connectivity index (χ1) is 16.2. The number of guanidine groups is 1. The molecule has 0 bridgehead atoms. The second kappa shape index (κ2) is 10.8. The second-order valence-electron chi connectivity index (χ2n) is 8.28. The molecule has 3 rings (SSSR count). The summed E-state index contributed by atoms with van der Waals surface area (Å²) < 4.78 is 6.66. The molecule has 1 heterocycles. The van der Waals surface area contributed by atoms with Crippen molar-refractivity contribution in [3.05, 3.63) is 81.7 Å². The first-order valence-electron chi connectivity index (χ1n) is 11.1. The minimum Gasteiger partial charge on any atom is -0.465 e.